The highest BCUT2D eigenvalue weighted by molar-refractivity contribution is 5.98. The van der Waals surface area contributed by atoms with Crippen molar-refractivity contribution in [2.24, 2.45) is 0 Å². The number of carboxylic acid groups (broad SMARTS) is 2. The van der Waals surface area contributed by atoms with Crippen molar-refractivity contribution in [2.75, 3.05) is 19.4 Å². The van der Waals surface area contributed by atoms with Crippen molar-refractivity contribution >= 4 is 23.5 Å². The highest BCUT2D eigenvalue weighted by Gasteiger charge is 2.40. The Balaban J connectivity index is 3.01. The number of rotatable bonds is 7. The monoisotopic (exact) mass is 308 g/mol. The van der Waals surface area contributed by atoms with Crippen molar-refractivity contribution in [2.45, 2.75) is 25.3 Å². The molecule has 0 spiro atoms. The molecular formula is C15H20N2O5. The van der Waals surface area contributed by atoms with Crippen molar-refractivity contribution in [1.82, 2.24) is 4.90 Å². The zero-order valence-corrected chi connectivity index (χ0v) is 12.8. The van der Waals surface area contributed by atoms with E-state index < -0.39 is 23.4 Å². The summed E-state index contributed by atoms with van der Waals surface area (Å²) < 4.78 is 0. The number of likely N-dealkylation sites (N-methyl/N-ethyl adjacent to an activating group) is 1. The highest BCUT2D eigenvalue weighted by Crippen LogP contribution is 2.23. The first-order chi connectivity index (χ1) is 10.2. The molecule has 0 aliphatic heterocycles. The summed E-state index contributed by atoms with van der Waals surface area (Å²) in [5.41, 5.74) is -0.424. The first kappa shape index (κ1) is 17.5. The van der Waals surface area contributed by atoms with E-state index in [-0.39, 0.29) is 12.8 Å². The van der Waals surface area contributed by atoms with Gasteiger partial charge in [0.2, 0.25) is 0 Å². The van der Waals surface area contributed by atoms with Crippen molar-refractivity contribution in [3.63, 3.8) is 0 Å². The van der Waals surface area contributed by atoms with Gasteiger partial charge >= 0.3 is 11.9 Å². The number of nitrogens with zero attached hydrogens (tertiary/aromatic N) is 1. The molecule has 0 saturated heterocycles. The van der Waals surface area contributed by atoms with Crippen LogP contribution in [0.4, 0.5) is 5.69 Å². The van der Waals surface area contributed by atoms with Crippen LogP contribution in [-0.4, -0.2) is 52.6 Å². The number of nitrogens with one attached hydrogen (secondary N) is 1. The van der Waals surface area contributed by atoms with Crippen LogP contribution in [-0.2, 0) is 9.59 Å². The second kappa shape index (κ2) is 6.93. The number of hydrogen-bond donors (Lipinski definition) is 3. The molecule has 0 aliphatic carbocycles. The number of hydrogen-bond acceptors (Lipinski definition) is 4. The number of carboxylic acids is 2. The Morgan fingerprint density at radius 2 is 1.73 bits per heavy atom. The van der Waals surface area contributed by atoms with E-state index in [1.165, 1.54) is 14.0 Å². The van der Waals surface area contributed by atoms with E-state index in [0.717, 1.165) is 10.6 Å². The molecule has 1 aromatic rings. The highest BCUT2D eigenvalue weighted by atomic mass is 16.4. The Kier molecular flexibility index (Phi) is 5.50. The van der Waals surface area contributed by atoms with Gasteiger partial charge in [-0.1, -0.05) is 0 Å². The van der Waals surface area contributed by atoms with Crippen molar-refractivity contribution < 1.29 is 24.6 Å². The summed E-state index contributed by atoms with van der Waals surface area (Å²) in [5, 5.41) is 21.1. The lowest BCUT2D eigenvalue weighted by Crippen LogP contribution is -2.53. The number of carbonyl (C=O) groups is 3. The molecule has 0 heterocycles. The van der Waals surface area contributed by atoms with Gasteiger partial charge in [-0.25, -0.2) is 4.79 Å². The molecule has 3 N–H and O–H groups in total. The number of aliphatic carboxylic acids is 2. The van der Waals surface area contributed by atoms with E-state index in [2.05, 4.69) is 5.32 Å². The maximum atomic E-state index is 12.4. The molecule has 0 saturated carbocycles. The molecule has 0 bridgehead atoms. The second-order valence-electron chi connectivity index (χ2n) is 5.16. The zero-order valence-electron chi connectivity index (χ0n) is 12.8. The lowest BCUT2D eigenvalue weighted by molar-refractivity contribution is -0.149. The topological polar surface area (TPSA) is 107 Å². The molecular weight excluding hydrogens is 288 g/mol. The summed E-state index contributed by atoms with van der Waals surface area (Å²) >= 11 is 0. The number of carbonyl (C=O) groups excluding carboxylic acids is 1. The van der Waals surface area contributed by atoms with E-state index in [1.54, 1.807) is 31.3 Å². The summed E-state index contributed by atoms with van der Waals surface area (Å²) in [5.74, 6) is -2.82. The Labute approximate surface area is 128 Å². The standard InChI is InChI=1S/C15H20N2O5/c1-15(14(21)22,9-8-12(18)19)17(3)13(20)10-4-6-11(16-2)7-5-10/h4-7,16H,8-9H2,1-3H3,(H,18,19)(H,21,22)/t15-/m0/s1. The van der Waals surface area contributed by atoms with Gasteiger partial charge in [0, 0.05) is 31.8 Å². The minimum Gasteiger partial charge on any atom is -0.481 e. The quantitative estimate of drug-likeness (QED) is 0.705. The number of amides is 1. The minimum absolute atomic E-state index is 0.172. The van der Waals surface area contributed by atoms with Crippen LogP contribution >= 0.6 is 0 Å². The molecule has 0 fully saturated rings. The largest absolute Gasteiger partial charge is 0.481 e. The van der Waals surface area contributed by atoms with Crippen LogP contribution in [0.1, 0.15) is 30.1 Å². The van der Waals surface area contributed by atoms with Gasteiger partial charge in [-0.15, -0.1) is 0 Å². The van der Waals surface area contributed by atoms with Crippen LogP contribution < -0.4 is 5.32 Å². The molecule has 0 unspecified atom stereocenters. The van der Waals surface area contributed by atoms with Crippen LogP contribution in [0.15, 0.2) is 24.3 Å². The van der Waals surface area contributed by atoms with Crippen molar-refractivity contribution in [3.05, 3.63) is 29.8 Å². The smallest absolute Gasteiger partial charge is 0.329 e. The van der Waals surface area contributed by atoms with E-state index >= 15 is 0 Å². The molecule has 0 aliphatic rings. The third-order valence-electron chi connectivity index (χ3n) is 3.75. The van der Waals surface area contributed by atoms with Crippen LogP contribution in [0.3, 0.4) is 0 Å². The first-order valence-corrected chi connectivity index (χ1v) is 6.73. The summed E-state index contributed by atoms with van der Waals surface area (Å²) in [4.78, 5) is 35.7. The maximum absolute atomic E-state index is 12.4. The summed E-state index contributed by atoms with van der Waals surface area (Å²) in [7, 11) is 3.11. The molecule has 1 atom stereocenters. The molecule has 1 aromatic carbocycles. The molecule has 7 nitrogen and oxygen atoms in total. The van der Waals surface area contributed by atoms with Crippen LogP contribution in [0.5, 0.6) is 0 Å². The van der Waals surface area contributed by atoms with Gasteiger partial charge in [0.1, 0.15) is 5.54 Å². The fourth-order valence-corrected chi connectivity index (χ4v) is 1.97. The second-order valence-corrected chi connectivity index (χ2v) is 5.16. The molecule has 1 rings (SSSR count). The van der Waals surface area contributed by atoms with Crippen LogP contribution in [0.2, 0.25) is 0 Å². The average Bonchev–Trinajstić information content (AvgIpc) is 2.50. The zero-order chi connectivity index (χ0) is 16.9. The van der Waals surface area contributed by atoms with Crippen LogP contribution in [0, 0.1) is 0 Å². The van der Waals surface area contributed by atoms with Gasteiger partial charge in [-0.2, -0.15) is 0 Å². The normalized spacial score (nSPS) is 13.0. The molecule has 0 aromatic heterocycles. The van der Waals surface area contributed by atoms with Gasteiger partial charge in [-0.05, 0) is 37.6 Å². The molecule has 7 heteroatoms. The summed E-state index contributed by atoms with van der Waals surface area (Å²) in [6.07, 6.45) is -0.506. The van der Waals surface area contributed by atoms with Crippen molar-refractivity contribution in [3.8, 4) is 0 Å². The minimum atomic E-state index is -1.59. The Bertz CT molecular complexity index is 570. The van der Waals surface area contributed by atoms with Gasteiger partial charge in [0.15, 0.2) is 0 Å². The molecule has 22 heavy (non-hydrogen) atoms. The van der Waals surface area contributed by atoms with Crippen molar-refractivity contribution in [1.29, 1.82) is 0 Å². The Morgan fingerprint density at radius 3 is 2.14 bits per heavy atom. The average molecular weight is 308 g/mol. The third-order valence-corrected chi connectivity index (χ3v) is 3.75. The summed E-state index contributed by atoms with van der Waals surface area (Å²) in [6.45, 7) is 1.35. The number of anilines is 1. The van der Waals surface area contributed by atoms with E-state index in [1.807, 2.05) is 0 Å². The fourth-order valence-electron chi connectivity index (χ4n) is 1.97. The molecule has 1 amide bonds. The van der Waals surface area contributed by atoms with E-state index in [0.29, 0.717) is 5.56 Å². The SMILES string of the molecule is CNc1ccc(C(=O)N(C)[C@@](C)(CCC(=O)O)C(=O)O)cc1. The predicted octanol–water partition coefficient (Wildman–Crippen LogP) is 1.51. The Hall–Kier alpha value is -2.57. The van der Waals surface area contributed by atoms with Gasteiger partial charge < -0.3 is 20.4 Å². The van der Waals surface area contributed by atoms with E-state index in [4.69, 9.17) is 5.11 Å². The third kappa shape index (κ3) is 3.75. The first-order valence-electron chi connectivity index (χ1n) is 6.73. The van der Waals surface area contributed by atoms with Gasteiger partial charge in [-0.3, -0.25) is 9.59 Å². The maximum Gasteiger partial charge on any atom is 0.329 e. The fraction of sp³-hybridized carbons (Fsp3) is 0.400. The lowest BCUT2D eigenvalue weighted by atomic mass is 9.93. The predicted molar refractivity (Wildman–Crippen MR) is 81.0 cm³/mol. The lowest BCUT2D eigenvalue weighted by Gasteiger charge is -2.35. The Morgan fingerprint density at radius 1 is 1.18 bits per heavy atom. The van der Waals surface area contributed by atoms with Gasteiger partial charge in [0.05, 0.1) is 0 Å². The van der Waals surface area contributed by atoms with Gasteiger partial charge in [0.25, 0.3) is 5.91 Å². The summed E-state index contributed by atoms with van der Waals surface area (Å²) in [6, 6.07) is 6.58. The molecule has 0 radical (unpaired) electrons. The van der Waals surface area contributed by atoms with E-state index in [9.17, 15) is 19.5 Å². The van der Waals surface area contributed by atoms with Crippen LogP contribution in [0.25, 0.3) is 0 Å². The molecule has 120 valence electrons. The number of benzene rings is 1.